The van der Waals surface area contributed by atoms with E-state index in [0.717, 1.165) is 16.7 Å². The molecule has 1 saturated heterocycles. The Balaban J connectivity index is 2.70. The van der Waals surface area contributed by atoms with Crippen molar-refractivity contribution in [1.82, 2.24) is 5.32 Å². The first kappa shape index (κ1) is 18.6. The molecule has 2 N–H and O–H groups in total. The van der Waals surface area contributed by atoms with Crippen molar-refractivity contribution in [2.45, 2.75) is 72.3 Å². The minimum absolute atomic E-state index is 0.0538. The molecule has 1 atom stereocenters. The molecule has 134 valence electrons. The first-order valence-electron chi connectivity index (χ1n) is 8.54. The summed E-state index contributed by atoms with van der Waals surface area (Å²) < 4.78 is 5.15. The summed E-state index contributed by atoms with van der Waals surface area (Å²) in [6, 6.07) is 3.83. The van der Waals surface area contributed by atoms with E-state index in [-0.39, 0.29) is 28.0 Å². The Bertz CT molecular complexity index is 648. The molecule has 0 aromatic heterocycles. The normalized spacial score (nSPS) is 21.2. The lowest BCUT2D eigenvalue weighted by Gasteiger charge is -2.40. The highest BCUT2D eigenvalue weighted by Gasteiger charge is 2.40. The number of amides is 1. The van der Waals surface area contributed by atoms with Gasteiger partial charge in [-0.3, -0.25) is 0 Å². The fourth-order valence-electron chi connectivity index (χ4n) is 3.07. The molecule has 1 heterocycles. The van der Waals surface area contributed by atoms with E-state index in [1.807, 2.05) is 19.9 Å². The third-order valence-corrected chi connectivity index (χ3v) is 4.74. The first-order valence-corrected chi connectivity index (χ1v) is 8.54. The minimum Gasteiger partial charge on any atom is -0.507 e. The van der Waals surface area contributed by atoms with Crippen LogP contribution >= 0.6 is 0 Å². The summed E-state index contributed by atoms with van der Waals surface area (Å²) in [7, 11) is 0. The SMILES string of the molecule is CC(C)(C)c1cc([C@H]2NC(=O)OCC2(C)C)c(O)c(C(C)(C)C)c1. The number of cyclic esters (lactones) is 1. The van der Waals surface area contributed by atoms with Crippen LogP contribution in [0.15, 0.2) is 12.1 Å². The van der Waals surface area contributed by atoms with Gasteiger partial charge in [0.25, 0.3) is 0 Å². The van der Waals surface area contributed by atoms with Crippen molar-refractivity contribution in [2.24, 2.45) is 5.41 Å². The minimum atomic E-state index is -0.433. The number of hydrogen-bond acceptors (Lipinski definition) is 3. The van der Waals surface area contributed by atoms with Gasteiger partial charge in [-0.1, -0.05) is 61.5 Å². The van der Waals surface area contributed by atoms with Crippen molar-refractivity contribution in [1.29, 1.82) is 0 Å². The molecule has 1 amide bonds. The fourth-order valence-corrected chi connectivity index (χ4v) is 3.07. The van der Waals surface area contributed by atoms with Gasteiger partial charge < -0.3 is 15.2 Å². The average Bonchev–Trinajstić information content (AvgIpc) is 2.39. The number of hydrogen-bond donors (Lipinski definition) is 2. The summed E-state index contributed by atoms with van der Waals surface area (Å²) in [6.07, 6.45) is -0.433. The molecule has 1 fully saturated rings. The molecule has 1 aromatic rings. The number of ether oxygens (including phenoxy) is 1. The molecular weight excluding hydrogens is 302 g/mol. The standard InChI is InChI=1S/C20H31NO3/c1-18(2,3)12-9-13(15(22)14(10-12)19(4,5)6)16-20(7,8)11-24-17(23)21-16/h9-10,16,22H,11H2,1-8H3,(H,21,23)/t16-/m1/s1. The van der Waals surface area contributed by atoms with Crippen LogP contribution in [0.5, 0.6) is 5.75 Å². The van der Waals surface area contributed by atoms with Crippen LogP contribution in [-0.2, 0) is 15.6 Å². The number of carbonyl (C=O) groups excluding carboxylic acids is 1. The highest BCUT2D eigenvalue weighted by molar-refractivity contribution is 5.69. The second-order valence-corrected chi connectivity index (χ2v) is 9.60. The van der Waals surface area contributed by atoms with E-state index in [4.69, 9.17) is 4.74 Å². The molecule has 24 heavy (non-hydrogen) atoms. The van der Waals surface area contributed by atoms with Gasteiger partial charge in [0.05, 0.1) is 6.04 Å². The van der Waals surface area contributed by atoms with Crippen LogP contribution in [0.2, 0.25) is 0 Å². The van der Waals surface area contributed by atoms with Gasteiger partial charge in [-0.15, -0.1) is 0 Å². The maximum atomic E-state index is 11.8. The molecule has 1 aliphatic rings. The molecule has 0 saturated carbocycles. The molecule has 0 aliphatic carbocycles. The van der Waals surface area contributed by atoms with Crippen molar-refractivity contribution < 1.29 is 14.6 Å². The third-order valence-electron chi connectivity index (χ3n) is 4.74. The molecule has 4 heteroatoms. The van der Waals surface area contributed by atoms with Crippen molar-refractivity contribution in [2.75, 3.05) is 6.61 Å². The predicted molar refractivity (Wildman–Crippen MR) is 96.5 cm³/mol. The fraction of sp³-hybridized carbons (Fsp3) is 0.650. The maximum absolute atomic E-state index is 11.8. The average molecular weight is 333 g/mol. The molecular formula is C20H31NO3. The highest BCUT2D eigenvalue weighted by Crippen LogP contribution is 2.45. The zero-order valence-electron chi connectivity index (χ0n) is 16.2. The van der Waals surface area contributed by atoms with Crippen LogP contribution in [0.3, 0.4) is 0 Å². The number of carbonyl (C=O) groups is 1. The summed E-state index contributed by atoms with van der Waals surface area (Å²) in [6.45, 7) is 17.1. The Labute approximate surface area is 145 Å². The monoisotopic (exact) mass is 333 g/mol. The predicted octanol–water partition coefficient (Wildman–Crippen LogP) is 4.79. The largest absolute Gasteiger partial charge is 0.507 e. The van der Waals surface area contributed by atoms with Crippen LogP contribution < -0.4 is 5.32 Å². The number of alkyl carbamates (subject to hydrolysis) is 1. The molecule has 1 aliphatic heterocycles. The molecule has 2 rings (SSSR count). The van der Waals surface area contributed by atoms with E-state index in [0.29, 0.717) is 6.61 Å². The topological polar surface area (TPSA) is 58.6 Å². The zero-order valence-corrected chi connectivity index (χ0v) is 16.2. The number of rotatable bonds is 1. The van der Waals surface area contributed by atoms with Crippen LogP contribution in [-0.4, -0.2) is 17.8 Å². The lowest BCUT2D eigenvalue weighted by molar-refractivity contribution is 0.0380. The zero-order chi connectivity index (χ0) is 18.5. The summed E-state index contributed by atoms with van der Waals surface area (Å²) in [4.78, 5) is 11.8. The van der Waals surface area contributed by atoms with Crippen LogP contribution in [0, 0.1) is 5.41 Å². The second-order valence-electron chi connectivity index (χ2n) is 9.60. The van der Waals surface area contributed by atoms with Crippen LogP contribution in [0.25, 0.3) is 0 Å². The number of nitrogens with one attached hydrogen (secondary N) is 1. The maximum Gasteiger partial charge on any atom is 0.407 e. The lowest BCUT2D eigenvalue weighted by atomic mass is 9.74. The quantitative estimate of drug-likeness (QED) is 0.776. The van der Waals surface area contributed by atoms with Crippen LogP contribution in [0.1, 0.15) is 78.1 Å². The summed E-state index contributed by atoms with van der Waals surface area (Å²) in [5.74, 6) is 0.274. The summed E-state index contributed by atoms with van der Waals surface area (Å²) >= 11 is 0. The van der Waals surface area contributed by atoms with Crippen LogP contribution in [0.4, 0.5) is 4.79 Å². The van der Waals surface area contributed by atoms with Crippen molar-refractivity contribution in [3.05, 3.63) is 28.8 Å². The van der Waals surface area contributed by atoms with Gasteiger partial charge in [-0.2, -0.15) is 0 Å². The Morgan fingerprint density at radius 2 is 1.71 bits per heavy atom. The van der Waals surface area contributed by atoms with E-state index in [2.05, 4.69) is 52.9 Å². The van der Waals surface area contributed by atoms with Gasteiger partial charge in [-0.05, 0) is 28.0 Å². The first-order chi connectivity index (χ1) is 10.7. The molecule has 0 unspecified atom stereocenters. The van der Waals surface area contributed by atoms with E-state index in [1.54, 1.807) is 0 Å². The van der Waals surface area contributed by atoms with Gasteiger partial charge >= 0.3 is 6.09 Å². The third kappa shape index (κ3) is 3.52. The Hall–Kier alpha value is -1.71. The van der Waals surface area contributed by atoms with Crippen molar-refractivity contribution >= 4 is 6.09 Å². The van der Waals surface area contributed by atoms with Gasteiger partial charge in [0, 0.05) is 11.0 Å². The molecule has 4 nitrogen and oxygen atoms in total. The summed E-state index contributed by atoms with van der Waals surface area (Å²) in [5, 5.41) is 13.9. The van der Waals surface area contributed by atoms with E-state index < -0.39 is 6.09 Å². The van der Waals surface area contributed by atoms with Crippen molar-refractivity contribution in [3.63, 3.8) is 0 Å². The number of aromatic hydroxyl groups is 1. The lowest BCUT2D eigenvalue weighted by Crippen LogP contribution is -2.47. The summed E-state index contributed by atoms with van der Waals surface area (Å²) in [5.41, 5.74) is 2.27. The molecule has 0 radical (unpaired) electrons. The number of phenols is 1. The van der Waals surface area contributed by atoms with Gasteiger partial charge in [0.15, 0.2) is 0 Å². The van der Waals surface area contributed by atoms with Gasteiger partial charge in [0.1, 0.15) is 12.4 Å². The number of benzene rings is 1. The van der Waals surface area contributed by atoms with E-state index >= 15 is 0 Å². The second kappa shape index (κ2) is 5.68. The van der Waals surface area contributed by atoms with Gasteiger partial charge in [-0.25, -0.2) is 4.79 Å². The Kier molecular flexibility index (Phi) is 4.41. The van der Waals surface area contributed by atoms with Crippen molar-refractivity contribution in [3.8, 4) is 5.75 Å². The smallest absolute Gasteiger partial charge is 0.407 e. The molecule has 0 bridgehead atoms. The highest BCUT2D eigenvalue weighted by atomic mass is 16.6. The molecule has 1 aromatic carbocycles. The van der Waals surface area contributed by atoms with E-state index in [9.17, 15) is 9.90 Å². The molecule has 0 spiro atoms. The van der Waals surface area contributed by atoms with Gasteiger partial charge in [0.2, 0.25) is 0 Å². The number of phenolic OH excluding ortho intramolecular Hbond substituents is 1. The Morgan fingerprint density at radius 1 is 1.12 bits per heavy atom. The Morgan fingerprint density at radius 3 is 2.21 bits per heavy atom. The van der Waals surface area contributed by atoms with E-state index in [1.165, 1.54) is 0 Å².